The largest absolute Gasteiger partial charge is 0.198 e. The van der Waals surface area contributed by atoms with E-state index in [-0.39, 0.29) is 5.41 Å². The number of hydrogen-bond acceptors (Lipinski definition) is 1. The van der Waals surface area contributed by atoms with Crippen LogP contribution in [0, 0.1) is 16.7 Å². The maximum Gasteiger partial charge on any atom is 0.0693 e. The highest BCUT2D eigenvalue weighted by atomic mass is 35.5. The molecule has 0 unspecified atom stereocenters. The molecule has 1 aromatic carbocycles. The standard InChI is InChI=1S/C13H13Cl2N/c14-11-5-3-4-10(12(11)15)8-13(9-16)6-1-2-7-13/h3-5H,1-2,6-8H2. The number of nitriles is 1. The molecule has 1 aromatic rings. The Hall–Kier alpha value is -0.710. The molecule has 0 amide bonds. The Morgan fingerprint density at radius 3 is 2.56 bits per heavy atom. The van der Waals surface area contributed by atoms with Crippen molar-refractivity contribution in [2.75, 3.05) is 0 Å². The molecule has 0 aliphatic heterocycles. The molecule has 0 bridgehead atoms. The minimum Gasteiger partial charge on any atom is -0.198 e. The fourth-order valence-electron chi connectivity index (χ4n) is 2.43. The third-order valence-electron chi connectivity index (χ3n) is 3.36. The van der Waals surface area contributed by atoms with Crippen LogP contribution in [0.4, 0.5) is 0 Å². The Morgan fingerprint density at radius 1 is 1.25 bits per heavy atom. The van der Waals surface area contributed by atoms with E-state index in [1.54, 1.807) is 6.07 Å². The van der Waals surface area contributed by atoms with Crippen molar-refractivity contribution >= 4 is 23.2 Å². The van der Waals surface area contributed by atoms with Crippen LogP contribution in [0.5, 0.6) is 0 Å². The smallest absolute Gasteiger partial charge is 0.0693 e. The molecule has 0 spiro atoms. The molecule has 0 heterocycles. The maximum absolute atomic E-state index is 9.31. The van der Waals surface area contributed by atoms with Crippen LogP contribution in [0.25, 0.3) is 0 Å². The lowest BCUT2D eigenvalue weighted by Crippen LogP contribution is -2.17. The number of benzene rings is 1. The first-order chi connectivity index (χ1) is 7.67. The van der Waals surface area contributed by atoms with E-state index in [0.29, 0.717) is 10.0 Å². The number of rotatable bonds is 2. The highest BCUT2D eigenvalue weighted by Gasteiger charge is 2.34. The fraction of sp³-hybridized carbons (Fsp3) is 0.462. The van der Waals surface area contributed by atoms with Gasteiger partial charge in [0.15, 0.2) is 0 Å². The molecule has 1 aliphatic rings. The molecule has 0 N–H and O–H groups in total. The average Bonchev–Trinajstić information content (AvgIpc) is 2.74. The van der Waals surface area contributed by atoms with Gasteiger partial charge in [0.05, 0.1) is 21.5 Å². The molecule has 0 aromatic heterocycles. The van der Waals surface area contributed by atoms with E-state index in [4.69, 9.17) is 23.2 Å². The summed E-state index contributed by atoms with van der Waals surface area (Å²) < 4.78 is 0. The predicted molar refractivity (Wildman–Crippen MR) is 66.7 cm³/mol. The van der Waals surface area contributed by atoms with Gasteiger partial charge in [-0.15, -0.1) is 0 Å². The van der Waals surface area contributed by atoms with E-state index < -0.39 is 0 Å². The predicted octanol–water partition coefficient (Wildman–Crippen LogP) is 4.62. The van der Waals surface area contributed by atoms with Gasteiger partial charge in [0.2, 0.25) is 0 Å². The minimum atomic E-state index is -0.214. The molecule has 84 valence electrons. The Balaban J connectivity index is 2.27. The van der Waals surface area contributed by atoms with Gasteiger partial charge in [-0.25, -0.2) is 0 Å². The van der Waals surface area contributed by atoms with Gasteiger partial charge in [-0.1, -0.05) is 48.2 Å². The van der Waals surface area contributed by atoms with Gasteiger partial charge >= 0.3 is 0 Å². The van der Waals surface area contributed by atoms with Gasteiger partial charge in [0.25, 0.3) is 0 Å². The minimum absolute atomic E-state index is 0.214. The quantitative estimate of drug-likeness (QED) is 0.755. The van der Waals surface area contributed by atoms with Crippen molar-refractivity contribution in [3.8, 4) is 6.07 Å². The first-order valence-electron chi connectivity index (χ1n) is 5.51. The fourth-order valence-corrected chi connectivity index (χ4v) is 2.82. The van der Waals surface area contributed by atoms with E-state index in [1.165, 1.54) is 0 Å². The van der Waals surface area contributed by atoms with Crippen LogP contribution in [-0.4, -0.2) is 0 Å². The topological polar surface area (TPSA) is 23.8 Å². The highest BCUT2D eigenvalue weighted by molar-refractivity contribution is 6.42. The molecule has 0 saturated heterocycles. The summed E-state index contributed by atoms with van der Waals surface area (Å²) in [5.74, 6) is 0. The molecule has 0 radical (unpaired) electrons. The molecule has 0 atom stereocenters. The van der Waals surface area contributed by atoms with Crippen molar-refractivity contribution in [2.45, 2.75) is 32.1 Å². The SMILES string of the molecule is N#CC1(Cc2cccc(Cl)c2Cl)CCCC1. The summed E-state index contributed by atoms with van der Waals surface area (Å²) in [7, 11) is 0. The summed E-state index contributed by atoms with van der Waals surface area (Å²) in [5, 5.41) is 10.5. The zero-order valence-electron chi connectivity index (χ0n) is 8.97. The molecule has 3 heteroatoms. The maximum atomic E-state index is 9.31. The lowest BCUT2D eigenvalue weighted by atomic mass is 9.81. The van der Waals surface area contributed by atoms with Crippen LogP contribution < -0.4 is 0 Å². The van der Waals surface area contributed by atoms with E-state index in [9.17, 15) is 5.26 Å². The number of nitrogens with zero attached hydrogens (tertiary/aromatic N) is 1. The van der Waals surface area contributed by atoms with Crippen molar-refractivity contribution in [1.82, 2.24) is 0 Å². The Kier molecular flexibility index (Phi) is 3.42. The van der Waals surface area contributed by atoms with Gasteiger partial charge in [-0.3, -0.25) is 0 Å². The summed E-state index contributed by atoms with van der Waals surface area (Å²) in [5.41, 5.74) is 0.784. The Morgan fingerprint density at radius 2 is 1.94 bits per heavy atom. The lowest BCUT2D eigenvalue weighted by Gasteiger charge is -2.20. The average molecular weight is 254 g/mol. The summed E-state index contributed by atoms with van der Waals surface area (Å²) in [4.78, 5) is 0. The number of hydrogen-bond donors (Lipinski definition) is 0. The van der Waals surface area contributed by atoms with Crippen molar-refractivity contribution in [1.29, 1.82) is 5.26 Å². The van der Waals surface area contributed by atoms with Crippen molar-refractivity contribution < 1.29 is 0 Å². The summed E-state index contributed by atoms with van der Waals surface area (Å²) in [6.45, 7) is 0. The molecule has 1 nitrogen and oxygen atoms in total. The third-order valence-corrected chi connectivity index (χ3v) is 4.22. The Labute approximate surface area is 106 Å². The highest BCUT2D eigenvalue weighted by Crippen LogP contribution is 2.42. The van der Waals surface area contributed by atoms with E-state index in [0.717, 1.165) is 37.7 Å². The molecule has 16 heavy (non-hydrogen) atoms. The summed E-state index contributed by atoms with van der Waals surface area (Å²) in [6, 6.07) is 8.11. The van der Waals surface area contributed by atoms with E-state index in [1.807, 2.05) is 12.1 Å². The Bertz CT molecular complexity index is 428. The van der Waals surface area contributed by atoms with Crippen LogP contribution in [-0.2, 0) is 6.42 Å². The lowest BCUT2D eigenvalue weighted by molar-refractivity contribution is 0.408. The normalized spacial score (nSPS) is 18.3. The van der Waals surface area contributed by atoms with E-state index >= 15 is 0 Å². The second kappa shape index (κ2) is 4.65. The van der Waals surface area contributed by atoms with Gasteiger partial charge in [0.1, 0.15) is 0 Å². The molecular formula is C13H13Cl2N. The first-order valence-corrected chi connectivity index (χ1v) is 6.27. The molecule has 1 fully saturated rings. The second-order valence-corrected chi connectivity index (χ2v) is 5.27. The summed E-state index contributed by atoms with van der Waals surface area (Å²) >= 11 is 12.1. The molecule has 1 saturated carbocycles. The van der Waals surface area contributed by atoms with Crippen LogP contribution in [0.15, 0.2) is 18.2 Å². The van der Waals surface area contributed by atoms with Gasteiger partial charge in [-0.05, 0) is 30.9 Å². The zero-order chi connectivity index (χ0) is 11.6. The van der Waals surface area contributed by atoms with Crippen molar-refractivity contribution in [2.24, 2.45) is 5.41 Å². The second-order valence-electron chi connectivity index (χ2n) is 4.49. The van der Waals surface area contributed by atoms with Gasteiger partial charge in [0, 0.05) is 0 Å². The molecule has 2 rings (SSSR count). The van der Waals surface area contributed by atoms with Crippen LogP contribution in [0.3, 0.4) is 0 Å². The van der Waals surface area contributed by atoms with Crippen molar-refractivity contribution in [3.05, 3.63) is 33.8 Å². The van der Waals surface area contributed by atoms with Crippen LogP contribution in [0.2, 0.25) is 10.0 Å². The zero-order valence-corrected chi connectivity index (χ0v) is 10.5. The summed E-state index contributed by atoms with van der Waals surface area (Å²) in [6.07, 6.45) is 4.97. The van der Waals surface area contributed by atoms with Crippen LogP contribution >= 0.6 is 23.2 Å². The van der Waals surface area contributed by atoms with E-state index in [2.05, 4.69) is 6.07 Å². The van der Waals surface area contributed by atoms with Gasteiger partial charge in [-0.2, -0.15) is 5.26 Å². The third kappa shape index (κ3) is 2.19. The molecular weight excluding hydrogens is 241 g/mol. The number of halogens is 2. The molecule has 1 aliphatic carbocycles. The van der Waals surface area contributed by atoms with Crippen molar-refractivity contribution in [3.63, 3.8) is 0 Å². The van der Waals surface area contributed by atoms with Gasteiger partial charge < -0.3 is 0 Å². The first kappa shape index (κ1) is 11.8. The monoisotopic (exact) mass is 253 g/mol. The van der Waals surface area contributed by atoms with Crippen LogP contribution in [0.1, 0.15) is 31.2 Å².